The van der Waals surface area contributed by atoms with Gasteiger partial charge in [0.1, 0.15) is 0 Å². The highest BCUT2D eigenvalue weighted by Gasteiger charge is 2.33. The average molecular weight is 284 g/mol. The number of rotatable bonds is 12. The number of hydrogen-bond acceptors (Lipinski definition) is 1. The standard InChI is InChI=1S/C18H36O2/c1-6-17(5,7-2)15-18(8-3,9-4)14-12-10-11-13-16(19)20/h6-15H2,1-5H3,(H,19,20). The zero-order valence-corrected chi connectivity index (χ0v) is 14.4. The van der Waals surface area contributed by atoms with Gasteiger partial charge in [-0.1, -0.05) is 73.1 Å². The summed E-state index contributed by atoms with van der Waals surface area (Å²) < 4.78 is 0. The van der Waals surface area contributed by atoms with Crippen LogP contribution in [0.5, 0.6) is 0 Å². The molecule has 0 aliphatic carbocycles. The maximum absolute atomic E-state index is 10.5. The molecule has 0 aromatic heterocycles. The molecule has 0 aromatic rings. The van der Waals surface area contributed by atoms with Gasteiger partial charge in [0.2, 0.25) is 0 Å². The van der Waals surface area contributed by atoms with Crippen LogP contribution in [0.25, 0.3) is 0 Å². The van der Waals surface area contributed by atoms with E-state index >= 15 is 0 Å². The van der Waals surface area contributed by atoms with Crippen molar-refractivity contribution >= 4 is 5.97 Å². The van der Waals surface area contributed by atoms with E-state index in [0.29, 0.717) is 17.3 Å². The first kappa shape index (κ1) is 19.5. The fourth-order valence-electron chi connectivity index (χ4n) is 3.30. The van der Waals surface area contributed by atoms with Crippen molar-refractivity contribution in [3.8, 4) is 0 Å². The molecule has 0 aliphatic heterocycles. The van der Waals surface area contributed by atoms with Gasteiger partial charge in [0.25, 0.3) is 0 Å². The van der Waals surface area contributed by atoms with Crippen LogP contribution in [0.1, 0.15) is 98.8 Å². The van der Waals surface area contributed by atoms with Crippen LogP contribution in [-0.2, 0) is 4.79 Å². The maximum atomic E-state index is 10.5. The molecule has 120 valence electrons. The van der Waals surface area contributed by atoms with Gasteiger partial charge in [-0.15, -0.1) is 0 Å². The fraction of sp³-hybridized carbons (Fsp3) is 0.944. The Kier molecular flexibility index (Phi) is 9.16. The SMILES string of the molecule is CCC(C)(CC)CC(CC)(CC)CCCCCC(=O)O. The molecule has 0 atom stereocenters. The lowest BCUT2D eigenvalue weighted by molar-refractivity contribution is -0.137. The molecule has 0 unspecified atom stereocenters. The Morgan fingerprint density at radius 3 is 1.85 bits per heavy atom. The van der Waals surface area contributed by atoms with Crippen molar-refractivity contribution in [1.29, 1.82) is 0 Å². The third-order valence-electron chi connectivity index (χ3n) is 5.61. The van der Waals surface area contributed by atoms with E-state index in [9.17, 15) is 4.79 Å². The number of carboxylic acid groups (broad SMARTS) is 1. The summed E-state index contributed by atoms with van der Waals surface area (Å²) in [4.78, 5) is 10.5. The van der Waals surface area contributed by atoms with E-state index in [1.807, 2.05) is 0 Å². The van der Waals surface area contributed by atoms with Crippen molar-refractivity contribution in [2.24, 2.45) is 10.8 Å². The van der Waals surface area contributed by atoms with Gasteiger partial charge in [0.05, 0.1) is 0 Å². The zero-order valence-electron chi connectivity index (χ0n) is 14.4. The van der Waals surface area contributed by atoms with Gasteiger partial charge in [-0.05, 0) is 30.1 Å². The lowest BCUT2D eigenvalue weighted by atomic mass is 9.65. The molecule has 0 saturated heterocycles. The topological polar surface area (TPSA) is 37.3 Å². The molecule has 0 fully saturated rings. The van der Waals surface area contributed by atoms with Crippen molar-refractivity contribution < 1.29 is 9.90 Å². The molecule has 0 aromatic carbocycles. The van der Waals surface area contributed by atoms with Gasteiger partial charge in [-0.2, -0.15) is 0 Å². The minimum Gasteiger partial charge on any atom is -0.481 e. The summed E-state index contributed by atoms with van der Waals surface area (Å²) >= 11 is 0. The largest absolute Gasteiger partial charge is 0.481 e. The van der Waals surface area contributed by atoms with Crippen molar-refractivity contribution in [2.75, 3.05) is 0 Å². The third kappa shape index (κ3) is 6.76. The highest BCUT2D eigenvalue weighted by Crippen LogP contribution is 2.46. The molecule has 20 heavy (non-hydrogen) atoms. The Hall–Kier alpha value is -0.530. The smallest absolute Gasteiger partial charge is 0.303 e. The van der Waals surface area contributed by atoms with Gasteiger partial charge in [-0.3, -0.25) is 4.79 Å². The molecule has 2 nitrogen and oxygen atoms in total. The van der Waals surface area contributed by atoms with Crippen molar-refractivity contribution in [1.82, 2.24) is 0 Å². The molecule has 0 amide bonds. The summed E-state index contributed by atoms with van der Waals surface area (Å²) in [6.07, 6.45) is 11.0. The summed E-state index contributed by atoms with van der Waals surface area (Å²) in [7, 11) is 0. The van der Waals surface area contributed by atoms with Gasteiger partial charge in [0.15, 0.2) is 0 Å². The second kappa shape index (κ2) is 9.41. The van der Waals surface area contributed by atoms with Crippen LogP contribution in [0.3, 0.4) is 0 Å². The minimum atomic E-state index is -0.660. The molecule has 0 radical (unpaired) electrons. The molecule has 0 rings (SSSR count). The van der Waals surface area contributed by atoms with E-state index < -0.39 is 5.97 Å². The first-order chi connectivity index (χ1) is 9.37. The molecule has 1 N–H and O–H groups in total. The van der Waals surface area contributed by atoms with Crippen molar-refractivity contribution in [3.63, 3.8) is 0 Å². The van der Waals surface area contributed by atoms with E-state index in [4.69, 9.17) is 5.11 Å². The normalized spacial score (nSPS) is 12.7. The minimum absolute atomic E-state index is 0.326. The summed E-state index contributed by atoms with van der Waals surface area (Å²) in [6, 6.07) is 0. The second-order valence-corrected chi connectivity index (χ2v) is 6.86. The van der Waals surface area contributed by atoms with E-state index in [1.165, 1.54) is 44.9 Å². The molecule has 0 bridgehead atoms. The molecule has 0 heterocycles. The Bertz CT molecular complexity index is 263. The summed E-state index contributed by atoms with van der Waals surface area (Å²) in [5.74, 6) is -0.660. The van der Waals surface area contributed by atoms with Gasteiger partial charge >= 0.3 is 5.97 Å². The van der Waals surface area contributed by atoms with Crippen LogP contribution in [0.2, 0.25) is 0 Å². The second-order valence-electron chi connectivity index (χ2n) is 6.86. The third-order valence-corrected chi connectivity index (χ3v) is 5.61. The highest BCUT2D eigenvalue weighted by molar-refractivity contribution is 5.66. The average Bonchev–Trinajstić information content (AvgIpc) is 2.45. The van der Waals surface area contributed by atoms with Crippen LogP contribution >= 0.6 is 0 Å². The van der Waals surface area contributed by atoms with Crippen LogP contribution < -0.4 is 0 Å². The molecular weight excluding hydrogens is 248 g/mol. The first-order valence-electron chi connectivity index (χ1n) is 8.58. The Labute approximate surface area is 126 Å². The Morgan fingerprint density at radius 1 is 0.900 bits per heavy atom. The highest BCUT2D eigenvalue weighted by atomic mass is 16.4. The van der Waals surface area contributed by atoms with Gasteiger partial charge in [0, 0.05) is 6.42 Å². The maximum Gasteiger partial charge on any atom is 0.303 e. The fourth-order valence-corrected chi connectivity index (χ4v) is 3.30. The van der Waals surface area contributed by atoms with E-state index in [1.54, 1.807) is 0 Å². The Morgan fingerprint density at radius 2 is 1.45 bits per heavy atom. The number of unbranched alkanes of at least 4 members (excludes halogenated alkanes) is 2. The number of carboxylic acids is 1. The van der Waals surface area contributed by atoms with Crippen LogP contribution in [0, 0.1) is 10.8 Å². The lowest BCUT2D eigenvalue weighted by Gasteiger charge is -2.41. The summed E-state index contributed by atoms with van der Waals surface area (Å²) in [5, 5.41) is 8.68. The predicted octanol–water partition coefficient (Wildman–Crippen LogP) is 6.04. The van der Waals surface area contributed by atoms with E-state index in [-0.39, 0.29) is 0 Å². The van der Waals surface area contributed by atoms with Crippen LogP contribution in [0.4, 0.5) is 0 Å². The van der Waals surface area contributed by atoms with E-state index in [0.717, 1.165) is 12.8 Å². The van der Waals surface area contributed by atoms with Crippen molar-refractivity contribution in [3.05, 3.63) is 0 Å². The van der Waals surface area contributed by atoms with Gasteiger partial charge < -0.3 is 5.11 Å². The molecule has 0 saturated carbocycles. The number of carbonyl (C=O) groups is 1. The Balaban J connectivity index is 4.41. The number of aliphatic carboxylic acids is 1. The monoisotopic (exact) mass is 284 g/mol. The molecule has 2 heteroatoms. The van der Waals surface area contributed by atoms with E-state index in [2.05, 4.69) is 34.6 Å². The first-order valence-corrected chi connectivity index (χ1v) is 8.58. The summed E-state index contributed by atoms with van der Waals surface area (Å²) in [5.41, 5.74) is 0.928. The van der Waals surface area contributed by atoms with Gasteiger partial charge in [-0.25, -0.2) is 0 Å². The quantitative estimate of drug-likeness (QED) is 0.443. The van der Waals surface area contributed by atoms with Crippen LogP contribution in [0.15, 0.2) is 0 Å². The van der Waals surface area contributed by atoms with Crippen molar-refractivity contribution in [2.45, 2.75) is 98.8 Å². The summed E-state index contributed by atoms with van der Waals surface area (Å²) in [6.45, 7) is 11.7. The molecule has 0 aliphatic rings. The number of hydrogen-bond donors (Lipinski definition) is 1. The lowest BCUT2D eigenvalue weighted by Crippen LogP contribution is -2.28. The molecular formula is C18H36O2. The van der Waals surface area contributed by atoms with Crippen LogP contribution in [-0.4, -0.2) is 11.1 Å². The zero-order chi connectivity index (χ0) is 15.6. The molecule has 0 spiro atoms. The predicted molar refractivity (Wildman–Crippen MR) is 87.0 cm³/mol.